The summed E-state index contributed by atoms with van der Waals surface area (Å²) in [4.78, 5) is 0. The highest BCUT2D eigenvalue weighted by Gasteiger charge is 2.38. The Hall–Kier alpha value is -3.40. The van der Waals surface area contributed by atoms with Gasteiger partial charge in [-0.25, -0.2) is 0 Å². The van der Waals surface area contributed by atoms with Crippen molar-refractivity contribution in [3.8, 4) is 11.5 Å². The largest absolute Gasteiger partial charge is 0.504 e. The lowest BCUT2D eigenvalue weighted by molar-refractivity contribution is 0.370. The number of aromatic hydroxyl groups is 1. The summed E-state index contributed by atoms with van der Waals surface area (Å²) in [6.07, 6.45) is 5.65. The monoisotopic (exact) mass is 384 g/mol. The third kappa shape index (κ3) is 3.21. The van der Waals surface area contributed by atoms with E-state index in [4.69, 9.17) is 4.74 Å². The maximum atomic E-state index is 9.97. The molecule has 3 aromatic rings. The Morgan fingerprint density at radius 1 is 1.00 bits per heavy atom. The van der Waals surface area contributed by atoms with Gasteiger partial charge in [0, 0.05) is 23.0 Å². The summed E-state index contributed by atoms with van der Waals surface area (Å²) in [5, 5.41) is 17.2. The number of allylic oxidation sites excluding steroid dienone is 2. The molecule has 4 heteroatoms. The molecule has 1 aliphatic heterocycles. The minimum absolute atomic E-state index is 0.171. The molecule has 0 bridgehead atoms. The average Bonchev–Trinajstić information content (AvgIpc) is 3.25. The molecule has 29 heavy (non-hydrogen) atoms. The molecule has 0 fully saturated rings. The Labute approximate surface area is 170 Å². The Kier molecular flexibility index (Phi) is 4.39. The molecule has 3 atom stereocenters. The van der Waals surface area contributed by atoms with Gasteiger partial charge in [0.05, 0.1) is 13.2 Å². The van der Waals surface area contributed by atoms with Gasteiger partial charge in [-0.1, -0.05) is 36.4 Å². The fraction of sp³-hybridized carbons (Fsp3) is 0.200. The van der Waals surface area contributed by atoms with Crippen molar-refractivity contribution in [1.82, 2.24) is 0 Å². The highest BCUT2D eigenvalue weighted by Crippen LogP contribution is 2.51. The Morgan fingerprint density at radius 2 is 1.86 bits per heavy atom. The van der Waals surface area contributed by atoms with E-state index < -0.39 is 0 Å². The standard InChI is InChI=1S/C25H24N2O2/c1-29-24-14-16(10-13-23(24)28)25-20-9-5-8-19(20)21-15-18(11-12-22(21)27-25)26-17-6-3-2-4-7-17/h2-8,10-15,19-20,25-28H,9H2,1H3. The lowest BCUT2D eigenvalue weighted by Gasteiger charge is -2.38. The van der Waals surface area contributed by atoms with Crippen LogP contribution in [0.5, 0.6) is 11.5 Å². The van der Waals surface area contributed by atoms with Crippen LogP contribution >= 0.6 is 0 Å². The minimum atomic E-state index is 0.171. The number of anilines is 3. The lowest BCUT2D eigenvalue weighted by Crippen LogP contribution is -2.29. The molecule has 0 spiro atoms. The number of nitrogens with one attached hydrogen (secondary N) is 2. The van der Waals surface area contributed by atoms with E-state index in [0.717, 1.165) is 29.0 Å². The summed E-state index contributed by atoms with van der Waals surface area (Å²) in [5.74, 6) is 1.49. The number of phenolic OH excluding ortho intramolecular Hbond substituents is 1. The zero-order chi connectivity index (χ0) is 19.8. The molecule has 0 aromatic heterocycles. The van der Waals surface area contributed by atoms with Crippen molar-refractivity contribution < 1.29 is 9.84 Å². The summed E-state index contributed by atoms with van der Waals surface area (Å²) >= 11 is 0. The van der Waals surface area contributed by atoms with Gasteiger partial charge >= 0.3 is 0 Å². The van der Waals surface area contributed by atoms with E-state index in [1.54, 1.807) is 13.2 Å². The first-order chi connectivity index (χ1) is 14.2. The SMILES string of the molecule is COc1cc(C2Nc3ccc(Nc4ccccc4)cc3C3C=CCC32)ccc1O. The zero-order valence-corrected chi connectivity index (χ0v) is 16.3. The molecule has 1 heterocycles. The molecular weight excluding hydrogens is 360 g/mol. The van der Waals surface area contributed by atoms with E-state index in [2.05, 4.69) is 53.1 Å². The summed E-state index contributed by atoms with van der Waals surface area (Å²) in [7, 11) is 1.59. The normalized spacial score (nSPS) is 21.8. The third-order valence-corrected chi connectivity index (χ3v) is 5.99. The number of para-hydroxylation sites is 1. The number of fused-ring (bicyclic) bond motifs is 3. The van der Waals surface area contributed by atoms with E-state index in [0.29, 0.717) is 17.6 Å². The van der Waals surface area contributed by atoms with Crippen LogP contribution in [0.4, 0.5) is 17.1 Å². The van der Waals surface area contributed by atoms with Crippen LogP contribution in [-0.4, -0.2) is 12.2 Å². The quantitative estimate of drug-likeness (QED) is 0.485. The fourth-order valence-electron chi connectivity index (χ4n) is 4.58. The van der Waals surface area contributed by atoms with Crippen LogP contribution in [0.3, 0.4) is 0 Å². The second kappa shape index (κ2) is 7.21. The highest BCUT2D eigenvalue weighted by atomic mass is 16.5. The average molecular weight is 384 g/mol. The molecule has 146 valence electrons. The molecule has 0 saturated heterocycles. The molecule has 3 unspecified atom stereocenters. The maximum absolute atomic E-state index is 9.97. The van der Waals surface area contributed by atoms with Crippen molar-refractivity contribution in [2.75, 3.05) is 17.7 Å². The van der Waals surface area contributed by atoms with Gasteiger partial charge in [0.25, 0.3) is 0 Å². The van der Waals surface area contributed by atoms with Crippen LogP contribution in [0.1, 0.15) is 29.5 Å². The van der Waals surface area contributed by atoms with Crippen molar-refractivity contribution in [2.45, 2.75) is 18.4 Å². The minimum Gasteiger partial charge on any atom is -0.504 e. The van der Waals surface area contributed by atoms with Gasteiger partial charge in [0.1, 0.15) is 0 Å². The number of hydrogen-bond acceptors (Lipinski definition) is 4. The molecule has 2 aliphatic rings. The summed E-state index contributed by atoms with van der Waals surface area (Å²) in [5.41, 5.74) is 5.81. The summed E-state index contributed by atoms with van der Waals surface area (Å²) < 4.78 is 5.33. The Bertz CT molecular complexity index is 1060. The predicted octanol–water partition coefficient (Wildman–Crippen LogP) is 5.97. The predicted molar refractivity (Wildman–Crippen MR) is 117 cm³/mol. The summed E-state index contributed by atoms with van der Waals surface area (Å²) in [6, 6.07) is 22.6. The van der Waals surface area contributed by atoms with Gasteiger partial charge in [0.2, 0.25) is 0 Å². The van der Waals surface area contributed by atoms with Crippen molar-refractivity contribution in [1.29, 1.82) is 0 Å². The van der Waals surface area contributed by atoms with Crippen LogP contribution < -0.4 is 15.4 Å². The van der Waals surface area contributed by atoms with E-state index in [1.165, 1.54) is 5.56 Å². The number of hydrogen-bond donors (Lipinski definition) is 3. The van der Waals surface area contributed by atoms with E-state index in [9.17, 15) is 5.11 Å². The molecule has 5 rings (SSSR count). The van der Waals surface area contributed by atoms with Crippen LogP contribution in [-0.2, 0) is 0 Å². The molecule has 0 amide bonds. The first-order valence-corrected chi connectivity index (χ1v) is 9.99. The van der Waals surface area contributed by atoms with Crippen molar-refractivity contribution in [3.63, 3.8) is 0 Å². The topological polar surface area (TPSA) is 53.5 Å². The molecule has 0 saturated carbocycles. The molecule has 4 nitrogen and oxygen atoms in total. The van der Waals surface area contributed by atoms with Crippen molar-refractivity contribution in [2.24, 2.45) is 5.92 Å². The molecule has 1 aliphatic carbocycles. The fourth-order valence-corrected chi connectivity index (χ4v) is 4.58. The van der Waals surface area contributed by atoms with Crippen LogP contribution in [0.25, 0.3) is 0 Å². The first kappa shape index (κ1) is 17.7. The summed E-state index contributed by atoms with van der Waals surface area (Å²) in [6.45, 7) is 0. The molecule has 0 radical (unpaired) electrons. The van der Waals surface area contributed by atoms with E-state index in [1.807, 2.05) is 30.3 Å². The number of methoxy groups -OCH3 is 1. The smallest absolute Gasteiger partial charge is 0.160 e. The molecule has 3 N–H and O–H groups in total. The van der Waals surface area contributed by atoms with Crippen LogP contribution in [0.15, 0.2) is 78.9 Å². The van der Waals surface area contributed by atoms with Crippen molar-refractivity contribution in [3.05, 3.63) is 90.0 Å². The van der Waals surface area contributed by atoms with Gasteiger partial charge in [-0.2, -0.15) is 0 Å². The third-order valence-electron chi connectivity index (χ3n) is 5.99. The second-order valence-electron chi connectivity index (χ2n) is 7.70. The van der Waals surface area contributed by atoms with Crippen molar-refractivity contribution >= 4 is 17.1 Å². The second-order valence-corrected chi connectivity index (χ2v) is 7.70. The highest BCUT2D eigenvalue weighted by molar-refractivity contribution is 5.69. The lowest BCUT2D eigenvalue weighted by atomic mass is 9.77. The number of rotatable bonds is 4. The Morgan fingerprint density at radius 3 is 2.69 bits per heavy atom. The van der Waals surface area contributed by atoms with Crippen LogP contribution in [0, 0.1) is 5.92 Å². The van der Waals surface area contributed by atoms with Gasteiger partial charge in [-0.3, -0.25) is 0 Å². The Balaban J connectivity index is 1.48. The first-order valence-electron chi connectivity index (χ1n) is 9.99. The number of ether oxygens (including phenoxy) is 1. The maximum Gasteiger partial charge on any atom is 0.160 e. The van der Waals surface area contributed by atoms with Gasteiger partial charge in [-0.15, -0.1) is 0 Å². The number of benzene rings is 3. The molecular formula is C25H24N2O2. The molecule has 3 aromatic carbocycles. The van der Waals surface area contributed by atoms with Crippen LogP contribution in [0.2, 0.25) is 0 Å². The van der Waals surface area contributed by atoms with E-state index >= 15 is 0 Å². The van der Waals surface area contributed by atoms with Gasteiger partial charge in [-0.05, 0) is 65.9 Å². The van der Waals surface area contributed by atoms with E-state index in [-0.39, 0.29) is 11.8 Å². The van der Waals surface area contributed by atoms with Gasteiger partial charge in [0.15, 0.2) is 11.5 Å². The van der Waals surface area contributed by atoms with Gasteiger partial charge < -0.3 is 20.5 Å². The number of phenols is 1. The zero-order valence-electron chi connectivity index (χ0n) is 16.3.